The number of likely N-dealkylation sites (N-methyl/N-ethyl adjacent to an activating group) is 1. The van der Waals surface area contributed by atoms with Crippen LogP contribution in [0.15, 0.2) is 22.8 Å². The molecule has 2 N–H and O–H groups in total. The van der Waals surface area contributed by atoms with E-state index in [0.717, 1.165) is 38.5 Å². The van der Waals surface area contributed by atoms with Gasteiger partial charge in [-0.15, -0.1) is 0 Å². The van der Waals surface area contributed by atoms with Crippen LogP contribution in [0.25, 0.3) is 0 Å². The van der Waals surface area contributed by atoms with Crippen LogP contribution in [0.4, 0.5) is 0 Å². The number of piperazine rings is 1. The average molecular weight is 223 g/mol. The van der Waals surface area contributed by atoms with Crippen LogP contribution in [-0.2, 0) is 0 Å². The maximum atomic E-state index is 5.85. The van der Waals surface area contributed by atoms with Gasteiger partial charge in [-0.05, 0) is 18.7 Å². The zero-order chi connectivity index (χ0) is 11.4. The lowest BCUT2D eigenvalue weighted by Gasteiger charge is -2.37. The lowest BCUT2D eigenvalue weighted by molar-refractivity contribution is 0.0926. The Kier molecular flexibility index (Phi) is 3.98. The molecule has 1 fully saturated rings. The zero-order valence-corrected chi connectivity index (χ0v) is 9.93. The molecule has 1 atom stereocenters. The molecule has 2 rings (SSSR count). The van der Waals surface area contributed by atoms with Crippen molar-refractivity contribution in [3.63, 3.8) is 0 Å². The van der Waals surface area contributed by atoms with Gasteiger partial charge in [0.05, 0.1) is 12.3 Å². The van der Waals surface area contributed by atoms with Gasteiger partial charge >= 0.3 is 0 Å². The monoisotopic (exact) mass is 223 g/mol. The molecule has 1 aliphatic heterocycles. The molecule has 4 heteroatoms. The molecule has 1 aromatic heterocycles. The van der Waals surface area contributed by atoms with E-state index in [0.29, 0.717) is 6.54 Å². The van der Waals surface area contributed by atoms with Crippen molar-refractivity contribution in [2.45, 2.75) is 13.0 Å². The second-order valence-corrected chi connectivity index (χ2v) is 4.24. The number of hydrogen-bond acceptors (Lipinski definition) is 4. The van der Waals surface area contributed by atoms with Gasteiger partial charge in [-0.2, -0.15) is 0 Å². The minimum absolute atomic E-state index is 0.244. The predicted octanol–water partition coefficient (Wildman–Crippen LogP) is 0.917. The van der Waals surface area contributed by atoms with Crippen molar-refractivity contribution in [3.05, 3.63) is 24.2 Å². The molecule has 0 aromatic carbocycles. The van der Waals surface area contributed by atoms with E-state index in [-0.39, 0.29) is 6.04 Å². The molecule has 1 saturated heterocycles. The minimum atomic E-state index is 0.244. The highest BCUT2D eigenvalue weighted by atomic mass is 16.3. The van der Waals surface area contributed by atoms with E-state index < -0.39 is 0 Å². The van der Waals surface area contributed by atoms with Crippen molar-refractivity contribution in [2.24, 2.45) is 5.73 Å². The van der Waals surface area contributed by atoms with E-state index in [4.69, 9.17) is 10.2 Å². The Morgan fingerprint density at radius 3 is 2.62 bits per heavy atom. The molecule has 16 heavy (non-hydrogen) atoms. The summed E-state index contributed by atoms with van der Waals surface area (Å²) in [5.74, 6) is 0.993. The summed E-state index contributed by atoms with van der Waals surface area (Å²) in [6.07, 6.45) is 1.72. The highest BCUT2D eigenvalue weighted by Crippen LogP contribution is 2.21. The van der Waals surface area contributed by atoms with Gasteiger partial charge in [0, 0.05) is 32.7 Å². The standard InChI is InChI=1S/C12H21N3O/c1-2-14-5-7-15(8-6-14)11(10-13)12-4-3-9-16-12/h3-4,9,11H,2,5-8,10,13H2,1H3. The molecular formula is C12H21N3O. The number of furan rings is 1. The number of nitrogens with zero attached hydrogens (tertiary/aromatic N) is 2. The summed E-state index contributed by atoms with van der Waals surface area (Å²) < 4.78 is 5.46. The van der Waals surface area contributed by atoms with E-state index in [9.17, 15) is 0 Å². The first-order valence-corrected chi connectivity index (χ1v) is 6.05. The van der Waals surface area contributed by atoms with Gasteiger partial charge in [0.2, 0.25) is 0 Å². The van der Waals surface area contributed by atoms with Crippen molar-refractivity contribution in [3.8, 4) is 0 Å². The SMILES string of the molecule is CCN1CCN(C(CN)c2ccco2)CC1. The van der Waals surface area contributed by atoms with Crippen molar-refractivity contribution < 1.29 is 4.42 Å². The molecule has 1 aliphatic rings. The number of rotatable bonds is 4. The molecule has 90 valence electrons. The Balaban J connectivity index is 1.96. The first-order valence-electron chi connectivity index (χ1n) is 6.05. The van der Waals surface area contributed by atoms with Crippen molar-refractivity contribution in [1.82, 2.24) is 9.80 Å². The Bertz CT molecular complexity index is 291. The Morgan fingerprint density at radius 1 is 1.38 bits per heavy atom. The van der Waals surface area contributed by atoms with E-state index in [2.05, 4.69) is 16.7 Å². The fourth-order valence-corrected chi connectivity index (χ4v) is 2.32. The number of hydrogen-bond donors (Lipinski definition) is 1. The van der Waals surface area contributed by atoms with Gasteiger partial charge in [0.25, 0.3) is 0 Å². The van der Waals surface area contributed by atoms with Crippen LogP contribution < -0.4 is 5.73 Å². The summed E-state index contributed by atoms with van der Waals surface area (Å²) in [6, 6.07) is 4.19. The van der Waals surface area contributed by atoms with Crippen LogP contribution in [-0.4, -0.2) is 49.1 Å². The molecule has 0 radical (unpaired) electrons. The second kappa shape index (κ2) is 5.48. The Labute approximate surface area is 97.0 Å². The molecule has 0 saturated carbocycles. The summed E-state index contributed by atoms with van der Waals surface area (Å²) in [5.41, 5.74) is 5.85. The van der Waals surface area contributed by atoms with Gasteiger partial charge in [-0.25, -0.2) is 0 Å². The molecule has 1 aromatic rings. The molecule has 4 nitrogen and oxygen atoms in total. The molecule has 0 aliphatic carbocycles. The highest BCUT2D eigenvalue weighted by molar-refractivity contribution is 5.05. The van der Waals surface area contributed by atoms with Gasteiger partial charge < -0.3 is 15.1 Å². The van der Waals surface area contributed by atoms with E-state index in [1.807, 2.05) is 12.1 Å². The van der Waals surface area contributed by atoms with E-state index >= 15 is 0 Å². The maximum absolute atomic E-state index is 5.85. The van der Waals surface area contributed by atoms with E-state index in [1.54, 1.807) is 6.26 Å². The first kappa shape index (κ1) is 11.6. The molecular weight excluding hydrogens is 202 g/mol. The lowest BCUT2D eigenvalue weighted by Crippen LogP contribution is -2.48. The summed E-state index contributed by atoms with van der Waals surface area (Å²) in [5, 5.41) is 0. The maximum Gasteiger partial charge on any atom is 0.122 e. The largest absolute Gasteiger partial charge is 0.468 e. The van der Waals surface area contributed by atoms with Crippen molar-refractivity contribution >= 4 is 0 Å². The third kappa shape index (κ3) is 2.45. The normalized spacial score (nSPS) is 21.1. The summed E-state index contributed by atoms with van der Waals surface area (Å²) in [6.45, 7) is 8.40. The Hall–Kier alpha value is -0.840. The fraction of sp³-hybridized carbons (Fsp3) is 0.667. The third-order valence-electron chi connectivity index (χ3n) is 3.39. The second-order valence-electron chi connectivity index (χ2n) is 4.24. The predicted molar refractivity (Wildman–Crippen MR) is 64.2 cm³/mol. The van der Waals surface area contributed by atoms with Crippen LogP contribution >= 0.6 is 0 Å². The van der Waals surface area contributed by atoms with Crippen molar-refractivity contribution in [1.29, 1.82) is 0 Å². The van der Waals surface area contributed by atoms with Crippen LogP contribution in [0.3, 0.4) is 0 Å². The zero-order valence-electron chi connectivity index (χ0n) is 9.93. The summed E-state index contributed by atoms with van der Waals surface area (Å²) in [4.78, 5) is 4.89. The van der Waals surface area contributed by atoms with Crippen LogP contribution in [0.5, 0.6) is 0 Å². The molecule has 0 bridgehead atoms. The Morgan fingerprint density at radius 2 is 2.12 bits per heavy atom. The summed E-state index contributed by atoms with van der Waals surface area (Å²) >= 11 is 0. The molecule has 0 amide bonds. The molecule has 1 unspecified atom stereocenters. The quantitative estimate of drug-likeness (QED) is 0.824. The topological polar surface area (TPSA) is 45.6 Å². The van der Waals surface area contributed by atoms with Crippen LogP contribution in [0.2, 0.25) is 0 Å². The van der Waals surface area contributed by atoms with Crippen molar-refractivity contribution in [2.75, 3.05) is 39.3 Å². The molecule has 2 heterocycles. The van der Waals surface area contributed by atoms with E-state index in [1.165, 1.54) is 0 Å². The van der Waals surface area contributed by atoms with Crippen LogP contribution in [0, 0.1) is 0 Å². The van der Waals surface area contributed by atoms with Gasteiger partial charge in [0.1, 0.15) is 5.76 Å². The summed E-state index contributed by atoms with van der Waals surface area (Å²) in [7, 11) is 0. The first-order chi connectivity index (χ1) is 7.85. The average Bonchev–Trinajstić information content (AvgIpc) is 2.85. The fourth-order valence-electron chi connectivity index (χ4n) is 2.32. The third-order valence-corrected chi connectivity index (χ3v) is 3.39. The lowest BCUT2D eigenvalue weighted by atomic mass is 10.1. The molecule has 0 spiro atoms. The minimum Gasteiger partial charge on any atom is -0.468 e. The smallest absolute Gasteiger partial charge is 0.122 e. The van der Waals surface area contributed by atoms with Crippen LogP contribution in [0.1, 0.15) is 18.7 Å². The highest BCUT2D eigenvalue weighted by Gasteiger charge is 2.24. The van der Waals surface area contributed by atoms with Gasteiger partial charge in [-0.1, -0.05) is 6.92 Å². The van der Waals surface area contributed by atoms with Gasteiger partial charge in [0.15, 0.2) is 0 Å². The number of nitrogens with two attached hydrogens (primary N) is 1. The van der Waals surface area contributed by atoms with Gasteiger partial charge in [-0.3, -0.25) is 4.90 Å².